The van der Waals surface area contributed by atoms with E-state index in [0.29, 0.717) is 30.4 Å². The van der Waals surface area contributed by atoms with Crippen LogP contribution in [0, 0.1) is 11.3 Å². The second kappa shape index (κ2) is 10.8. The van der Waals surface area contributed by atoms with E-state index in [1.54, 1.807) is 24.3 Å². The molecule has 4 aromatic rings. The Bertz CT molecular complexity index is 1360. The van der Waals surface area contributed by atoms with Crippen molar-refractivity contribution in [2.24, 2.45) is 0 Å². The normalized spacial score (nSPS) is 11.0. The molecular formula is C29H24N2O3. The number of carbonyl (C=O) groups excluding carboxylic acids is 1. The molecule has 168 valence electrons. The molecule has 1 amide bonds. The molecule has 0 aromatic heterocycles. The molecule has 0 fully saturated rings. The van der Waals surface area contributed by atoms with Crippen molar-refractivity contribution in [2.75, 3.05) is 11.9 Å². The Kier molecular flexibility index (Phi) is 7.22. The molecule has 0 spiro atoms. The Morgan fingerprint density at radius 3 is 2.47 bits per heavy atom. The molecule has 5 nitrogen and oxygen atoms in total. The number of hydrogen-bond acceptors (Lipinski definition) is 4. The predicted octanol–water partition coefficient (Wildman–Crippen LogP) is 6.36. The largest absolute Gasteiger partial charge is 0.494 e. The zero-order chi connectivity index (χ0) is 23.8. The fourth-order valence-electron chi connectivity index (χ4n) is 3.58. The number of hydrogen-bond donors (Lipinski definition) is 1. The van der Waals surface area contributed by atoms with Crippen LogP contribution in [-0.2, 0) is 11.4 Å². The summed E-state index contributed by atoms with van der Waals surface area (Å²) >= 11 is 0. The highest BCUT2D eigenvalue weighted by Crippen LogP contribution is 2.22. The van der Waals surface area contributed by atoms with Crippen molar-refractivity contribution in [3.8, 4) is 17.6 Å². The fourth-order valence-corrected chi connectivity index (χ4v) is 3.58. The van der Waals surface area contributed by atoms with Gasteiger partial charge in [-0.25, -0.2) is 0 Å². The highest BCUT2D eigenvalue weighted by Gasteiger charge is 2.10. The van der Waals surface area contributed by atoms with Crippen LogP contribution in [0.1, 0.15) is 18.1 Å². The number of rotatable bonds is 8. The van der Waals surface area contributed by atoms with Gasteiger partial charge in [-0.05, 0) is 59.2 Å². The van der Waals surface area contributed by atoms with Gasteiger partial charge in [0.05, 0.1) is 6.61 Å². The van der Waals surface area contributed by atoms with Crippen LogP contribution in [0.15, 0.2) is 96.6 Å². The van der Waals surface area contributed by atoms with Crippen molar-refractivity contribution in [2.45, 2.75) is 13.5 Å². The lowest BCUT2D eigenvalue weighted by molar-refractivity contribution is -0.112. The third-order valence-corrected chi connectivity index (χ3v) is 5.23. The predicted molar refractivity (Wildman–Crippen MR) is 135 cm³/mol. The van der Waals surface area contributed by atoms with Crippen LogP contribution in [0.5, 0.6) is 11.5 Å². The molecule has 4 aromatic carbocycles. The van der Waals surface area contributed by atoms with Gasteiger partial charge < -0.3 is 14.8 Å². The van der Waals surface area contributed by atoms with Crippen LogP contribution in [0.2, 0.25) is 0 Å². The van der Waals surface area contributed by atoms with E-state index in [1.807, 2.05) is 61.5 Å². The first-order valence-electron chi connectivity index (χ1n) is 11.0. The molecule has 4 rings (SSSR count). The van der Waals surface area contributed by atoms with Gasteiger partial charge in [0.1, 0.15) is 29.7 Å². The Balaban J connectivity index is 1.42. The van der Waals surface area contributed by atoms with Crippen molar-refractivity contribution in [1.29, 1.82) is 5.26 Å². The van der Waals surface area contributed by atoms with Crippen molar-refractivity contribution < 1.29 is 14.3 Å². The number of nitriles is 1. The average molecular weight is 449 g/mol. The average Bonchev–Trinajstić information content (AvgIpc) is 2.87. The lowest BCUT2D eigenvalue weighted by Gasteiger charge is -2.09. The first-order valence-corrected chi connectivity index (χ1v) is 11.0. The zero-order valence-corrected chi connectivity index (χ0v) is 18.8. The minimum atomic E-state index is -0.479. The zero-order valence-electron chi connectivity index (χ0n) is 18.8. The summed E-state index contributed by atoms with van der Waals surface area (Å²) in [6.07, 6.45) is 1.55. The van der Waals surface area contributed by atoms with Crippen molar-refractivity contribution in [3.63, 3.8) is 0 Å². The lowest BCUT2D eigenvalue weighted by atomic mass is 10.1. The minimum Gasteiger partial charge on any atom is -0.494 e. The molecular weight excluding hydrogens is 424 g/mol. The standard InChI is InChI=1S/C29H24N2O3/c1-2-33-27-11-6-10-25(18-27)31-29(32)24(19-30)17-21-13-15-26(16-14-21)34-20-23-9-5-8-22-7-3-4-12-28(22)23/h3-18H,2,20H2,1H3,(H,31,32)/b24-17-. The van der Waals surface area contributed by atoms with E-state index in [9.17, 15) is 10.1 Å². The SMILES string of the molecule is CCOc1cccc(NC(=O)/C(C#N)=C\c2ccc(OCc3cccc4ccccc34)cc2)c1. The van der Waals surface area contributed by atoms with Gasteiger partial charge in [-0.3, -0.25) is 4.79 Å². The minimum absolute atomic E-state index is 0.00577. The lowest BCUT2D eigenvalue weighted by Crippen LogP contribution is -2.13. The number of nitrogens with zero attached hydrogens (tertiary/aromatic N) is 1. The van der Waals surface area contributed by atoms with Gasteiger partial charge in [-0.1, -0.05) is 60.7 Å². The molecule has 0 heterocycles. The molecule has 0 saturated heterocycles. The molecule has 0 saturated carbocycles. The van der Waals surface area contributed by atoms with E-state index in [-0.39, 0.29) is 5.57 Å². The second-order valence-corrected chi connectivity index (χ2v) is 7.58. The Labute approximate surface area is 198 Å². The molecule has 0 unspecified atom stereocenters. The first kappa shape index (κ1) is 22.6. The molecule has 5 heteroatoms. The Morgan fingerprint density at radius 1 is 0.912 bits per heavy atom. The van der Waals surface area contributed by atoms with Crippen molar-refractivity contribution >= 4 is 28.4 Å². The summed E-state index contributed by atoms with van der Waals surface area (Å²) in [7, 11) is 0. The number of amides is 1. The third-order valence-electron chi connectivity index (χ3n) is 5.23. The van der Waals surface area contributed by atoms with E-state index >= 15 is 0 Å². The van der Waals surface area contributed by atoms with Gasteiger partial charge in [0.25, 0.3) is 5.91 Å². The third kappa shape index (κ3) is 5.62. The molecule has 1 N–H and O–H groups in total. The van der Waals surface area contributed by atoms with Gasteiger partial charge in [-0.2, -0.15) is 5.26 Å². The number of anilines is 1. The Morgan fingerprint density at radius 2 is 1.68 bits per heavy atom. The molecule has 0 radical (unpaired) electrons. The maximum absolute atomic E-state index is 12.6. The number of carbonyl (C=O) groups is 1. The van der Waals surface area contributed by atoms with Crippen LogP contribution >= 0.6 is 0 Å². The van der Waals surface area contributed by atoms with Gasteiger partial charge in [0.15, 0.2) is 0 Å². The monoisotopic (exact) mass is 448 g/mol. The van der Waals surface area contributed by atoms with Gasteiger partial charge >= 0.3 is 0 Å². The summed E-state index contributed by atoms with van der Waals surface area (Å²) in [4.78, 5) is 12.6. The second-order valence-electron chi connectivity index (χ2n) is 7.58. The van der Waals surface area contributed by atoms with E-state index < -0.39 is 5.91 Å². The van der Waals surface area contributed by atoms with Crippen LogP contribution in [0.25, 0.3) is 16.8 Å². The van der Waals surface area contributed by atoms with E-state index in [0.717, 1.165) is 11.1 Å². The van der Waals surface area contributed by atoms with Gasteiger partial charge in [-0.15, -0.1) is 0 Å². The van der Waals surface area contributed by atoms with Crippen molar-refractivity contribution in [1.82, 2.24) is 0 Å². The molecule has 34 heavy (non-hydrogen) atoms. The van der Waals surface area contributed by atoms with E-state index in [4.69, 9.17) is 9.47 Å². The maximum atomic E-state index is 12.6. The highest BCUT2D eigenvalue weighted by molar-refractivity contribution is 6.09. The summed E-state index contributed by atoms with van der Waals surface area (Å²) in [5.74, 6) is 0.884. The smallest absolute Gasteiger partial charge is 0.266 e. The van der Waals surface area contributed by atoms with E-state index in [2.05, 4.69) is 29.6 Å². The number of fused-ring (bicyclic) bond motifs is 1. The van der Waals surface area contributed by atoms with Crippen molar-refractivity contribution in [3.05, 3.63) is 108 Å². The van der Waals surface area contributed by atoms with Crippen LogP contribution < -0.4 is 14.8 Å². The number of benzene rings is 4. The summed E-state index contributed by atoms with van der Waals surface area (Å²) in [6, 6.07) is 30.7. The first-order chi connectivity index (χ1) is 16.7. The quantitative estimate of drug-likeness (QED) is 0.251. The van der Waals surface area contributed by atoms with Crippen LogP contribution in [0.3, 0.4) is 0 Å². The summed E-state index contributed by atoms with van der Waals surface area (Å²) in [6.45, 7) is 2.87. The highest BCUT2D eigenvalue weighted by atomic mass is 16.5. The molecule has 0 atom stereocenters. The number of nitrogens with one attached hydrogen (secondary N) is 1. The summed E-state index contributed by atoms with van der Waals surface area (Å²) < 4.78 is 11.4. The molecule has 0 bridgehead atoms. The van der Waals surface area contributed by atoms with Crippen LogP contribution in [0.4, 0.5) is 5.69 Å². The maximum Gasteiger partial charge on any atom is 0.266 e. The molecule has 0 aliphatic heterocycles. The summed E-state index contributed by atoms with van der Waals surface area (Å²) in [5, 5.41) is 14.6. The topological polar surface area (TPSA) is 71.3 Å². The fraction of sp³-hybridized carbons (Fsp3) is 0.103. The molecule has 0 aliphatic rings. The van der Waals surface area contributed by atoms with Crippen LogP contribution in [-0.4, -0.2) is 12.5 Å². The summed E-state index contributed by atoms with van der Waals surface area (Å²) in [5.41, 5.74) is 2.41. The van der Waals surface area contributed by atoms with Gasteiger partial charge in [0.2, 0.25) is 0 Å². The number of ether oxygens (including phenoxy) is 2. The Hall–Kier alpha value is -4.56. The van der Waals surface area contributed by atoms with Gasteiger partial charge in [0, 0.05) is 11.8 Å². The molecule has 0 aliphatic carbocycles. The van der Waals surface area contributed by atoms with E-state index in [1.165, 1.54) is 10.8 Å².